The summed E-state index contributed by atoms with van der Waals surface area (Å²) in [4.78, 5) is 3.85. The van der Waals surface area contributed by atoms with Crippen LogP contribution in [0.5, 0.6) is 0 Å². The van der Waals surface area contributed by atoms with Crippen LogP contribution in [0.25, 0.3) is 5.52 Å². The van der Waals surface area contributed by atoms with Crippen LogP contribution in [0.2, 0.25) is 0 Å². The lowest BCUT2D eigenvalue weighted by molar-refractivity contribution is 0.916. The molecule has 0 spiro atoms. The molecule has 2 heterocycles. The van der Waals surface area contributed by atoms with Gasteiger partial charge in [0, 0.05) is 10.7 Å². The molecule has 5 heteroatoms. The molecule has 0 aliphatic carbocycles. The maximum atomic E-state index is 5.37. The van der Waals surface area contributed by atoms with Crippen molar-refractivity contribution in [2.24, 2.45) is 0 Å². The lowest BCUT2D eigenvalue weighted by Gasteiger charge is -1.92. The highest BCUT2D eigenvalue weighted by molar-refractivity contribution is 9.10. The van der Waals surface area contributed by atoms with Crippen molar-refractivity contribution in [1.29, 1.82) is 0 Å². The number of hydrogen-bond acceptors (Lipinski definition) is 3. The molecule has 2 aromatic heterocycles. The van der Waals surface area contributed by atoms with Gasteiger partial charge in [0.2, 0.25) is 5.95 Å². The highest BCUT2D eigenvalue weighted by Gasteiger charge is 1.97. The van der Waals surface area contributed by atoms with E-state index in [0.717, 1.165) is 9.99 Å². The van der Waals surface area contributed by atoms with Crippen LogP contribution in [0.15, 0.2) is 22.9 Å². The van der Waals surface area contributed by atoms with Gasteiger partial charge in [0.15, 0.2) is 0 Å². The highest BCUT2D eigenvalue weighted by atomic mass is 79.9. The minimum atomic E-state index is 0.278. The molecule has 2 rings (SSSR count). The zero-order valence-electron chi connectivity index (χ0n) is 5.53. The van der Waals surface area contributed by atoms with Crippen molar-refractivity contribution in [3.8, 4) is 0 Å². The van der Waals surface area contributed by atoms with Crippen molar-refractivity contribution >= 4 is 27.4 Å². The number of anilines is 1. The molecule has 0 fully saturated rings. The zero-order valence-corrected chi connectivity index (χ0v) is 7.12. The van der Waals surface area contributed by atoms with Crippen LogP contribution in [-0.2, 0) is 0 Å². The summed E-state index contributed by atoms with van der Waals surface area (Å²) >= 11 is 3.32. The standard InChI is InChI=1S/C6H5BrN4/c7-4-1-5-2-9-6(8)10-11(5)3-4/h1-3H,(H2,8,10). The molecule has 0 saturated heterocycles. The highest BCUT2D eigenvalue weighted by Crippen LogP contribution is 2.13. The van der Waals surface area contributed by atoms with E-state index in [1.165, 1.54) is 0 Å². The van der Waals surface area contributed by atoms with E-state index in [1.54, 1.807) is 10.7 Å². The Morgan fingerprint density at radius 1 is 1.55 bits per heavy atom. The molecule has 0 aliphatic heterocycles. The van der Waals surface area contributed by atoms with Crippen molar-refractivity contribution in [3.05, 3.63) is 22.9 Å². The first kappa shape index (κ1) is 6.60. The van der Waals surface area contributed by atoms with Crippen molar-refractivity contribution in [3.63, 3.8) is 0 Å². The van der Waals surface area contributed by atoms with Crippen molar-refractivity contribution in [2.75, 3.05) is 5.73 Å². The second kappa shape index (κ2) is 2.20. The molecule has 0 aromatic carbocycles. The van der Waals surface area contributed by atoms with Gasteiger partial charge in [-0.3, -0.25) is 0 Å². The Hall–Kier alpha value is -1.10. The first-order valence-electron chi connectivity index (χ1n) is 3.02. The van der Waals surface area contributed by atoms with Gasteiger partial charge in [0.1, 0.15) is 0 Å². The Bertz CT molecular complexity index is 394. The number of fused-ring (bicyclic) bond motifs is 1. The molecule has 0 saturated carbocycles. The van der Waals surface area contributed by atoms with Crippen molar-refractivity contribution in [2.45, 2.75) is 0 Å². The Balaban J connectivity index is 2.82. The molecule has 11 heavy (non-hydrogen) atoms. The van der Waals surface area contributed by atoms with Crippen LogP contribution in [-0.4, -0.2) is 14.6 Å². The largest absolute Gasteiger partial charge is 0.367 e. The minimum Gasteiger partial charge on any atom is -0.367 e. The fourth-order valence-corrected chi connectivity index (χ4v) is 1.32. The van der Waals surface area contributed by atoms with Crippen LogP contribution in [0.4, 0.5) is 5.95 Å². The third-order valence-electron chi connectivity index (χ3n) is 1.34. The molecule has 0 bridgehead atoms. The summed E-state index contributed by atoms with van der Waals surface area (Å²) in [6, 6.07) is 1.92. The summed E-state index contributed by atoms with van der Waals surface area (Å²) in [6.07, 6.45) is 3.50. The van der Waals surface area contributed by atoms with E-state index in [0.29, 0.717) is 0 Å². The number of nitrogens with zero attached hydrogens (tertiary/aromatic N) is 3. The van der Waals surface area contributed by atoms with Gasteiger partial charge in [-0.15, -0.1) is 5.10 Å². The van der Waals surface area contributed by atoms with Gasteiger partial charge >= 0.3 is 0 Å². The predicted octanol–water partition coefficient (Wildman–Crippen LogP) is 1.07. The molecule has 0 unspecified atom stereocenters. The summed E-state index contributed by atoms with van der Waals surface area (Å²) in [5.41, 5.74) is 6.30. The average molecular weight is 213 g/mol. The lowest BCUT2D eigenvalue weighted by Crippen LogP contribution is -1.98. The Labute approximate surface area is 71.2 Å². The van der Waals surface area contributed by atoms with Gasteiger partial charge in [0.05, 0.1) is 11.7 Å². The number of halogens is 1. The van der Waals surface area contributed by atoms with Crippen LogP contribution in [0.1, 0.15) is 0 Å². The Kier molecular flexibility index (Phi) is 1.32. The SMILES string of the molecule is Nc1ncc2cc(Br)cn2n1. The van der Waals surface area contributed by atoms with Crippen LogP contribution < -0.4 is 5.73 Å². The fourth-order valence-electron chi connectivity index (χ4n) is 0.888. The topological polar surface area (TPSA) is 56.2 Å². The van der Waals surface area contributed by atoms with E-state index in [1.807, 2.05) is 12.3 Å². The molecule has 0 atom stereocenters. The maximum absolute atomic E-state index is 5.37. The smallest absolute Gasteiger partial charge is 0.238 e. The Morgan fingerprint density at radius 3 is 3.18 bits per heavy atom. The molecule has 56 valence electrons. The first-order valence-corrected chi connectivity index (χ1v) is 3.81. The number of nitrogen functional groups attached to an aromatic ring is 1. The van der Waals surface area contributed by atoms with E-state index in [4.69, 9.17) is 5.73 Å². The second-order valence-electron chi connectivity index (χ2n) is 2.14. The normalized spacial score (nSPS) is 10.6. The summed E-state index contributed by atoms with van der Waals surface area (Å²) in [7, 11) is 0. The minimum absolute atomic E-state index is 0.278. The molecule has 0 aliphatic rings. The van der Waals surface area contributed by atoms with Crippen molar-refractivity contribution in [1.82, 2.24) is 14.6 Å². The van der Waals surface area contributed by atoms with Gasteiger partial charge in [-0.1, -0.05) is 0 Å². The molecule has 0 amide bonds. The molecule has 4 nitrogen and oxygen atoms in total. The molecule has 2 aromatic rings. The van der Waals surface area contributed by atoms with E-state index in [2.05, 4.69) is 26.0 Å². The van der Waals surface area contributed by atoms with Gasteiger partial charge in [-0.25, -0.2) is 9.50 Å². The van der Waals surface area contributed by atoms with E-state index in [-0.39, 0.29) is 5.95 Å². The van der Waals surface area contributed by atoms with Crippen molar-refractivity contribution < 1.29 is 0 Å². The number of aromatic nitrogens is 3. The zero-order chi connectivity index (χ0) is 7.84. The van der Waals surface area contributed by atoms with Gasteiger partial charge in [0.25, 0.3) is 0 Å². The Morgan fingerprint density at radius 2 is 2.36 bits per heavy atom. The third-order valence-corrected chi connectivity index (χ3v) is 1.77. The fraction of sp³-hybridized carbons (Fsp3) is 0. The second-order valence-corrected chi connectivity index (χ2v) is 3.06. The van der Waals surface area contributed by atoms with Gasteiger partial charge in [-0.05, 0) is 22.0 Å². The summed E-state index contributed by atoms with van der Waals surface area (Å²) in [5, 5.41) is 3.95. The lowest BCUT2D eigenvalue weighted by atomic mass is 10.5. The summed E-state index contributed by atoms with van der Waals surface area (Å²) in [6.45, 7) is 0. The molecular weight excluding hydrogens is 208 g/mol. The maximum Gasteiger partial charge on any atom is 0.238 e. The van der Waals surface area contributed by atoms with Gasteiger partial charge < -0.3 is 5.73 Å². The average Bonchev–Trinajstić information content (AvgIpc) is 2.27. The van der Waals surface area contributed by atoms with Gasteiger partial charge in [-0.2, -0.15) is 0 Å². The van der Waals surface area contributed by atoms with Crippen LogP contribution in [0.3, 0.4) is 0 Å². The van der Waals surface area contributed by atoms with Crippen LogP contribution in [0, 0.1) is 0 Å². The van der Waals surface area contributed by atoms with E-state index >= 15 is 0 Å². The molecule has 2 N–H and O–H groups in total. The number of hydrogen-bond donors (Lipinski definition) is 1. The van der Waals surface area contributed by atoms with E-state index in [9.17, 15) is 0 Å². The number of nitrogens with two attached hydrogens (primary N) is 1. The van der Waals surface area contributed by atoms with E-state index < -0.39 is 0 Å². The number of rotatable bonds is 0. The summed E-state index contributed by atoms with van der Waals surface area (Å²) in [5.74, 6) is 0.278. The third kappa shape index (κ3) is 1.07. The monoisotopic (exact) mass is 212 g/mol. The first-order chi connectivity index (χ1) is 5.25. The molecule has 0 radical (unpaired) electrons. The quantitative estimate of drug-likeness (QED) is 0.712. The van der Waals surface area contributed by atoms with Crippen LogP contribution >= 0.6 is 15.9 Å². The molecular formula is C6H5BrN4. The summed E-state index contributed by atoms with van der Waals surface area (Å²) < 4.78 is 2.64. The predicted molar refractivity (Wildman–Crippen MR) is 45.1 cm³/mol.